The molecule has 2 aromatic rings. The highest BCUT2D eigenvalue weighted by Crippen LogP contribution is 2.47. The molecule has 2 heterocycles. The third-order valence-electron chi connectivity index (χ3n) is 7.28. The molecule has 2 aromatic carbocycles. The topological polar surface area (TPSA) is 32.8 Å². The highest BCUT2D eigenvalue weighted by Gasteiger charge is 2.43. The molecule has 2 unspecified atom stereocenters. The molecule has 2 aliphatic heterocycles. The molecular formula is C27H34N2O2S. The van der Waals surface area contributed by atoms with E-state index in [-0.39, 0.29) is 0 Å². The van der Waals surface area contributed by atoms with E-state index in [1.165, 1.54) is 60.9 Å². The zero-order valence-corrected chi connectivity index (χ0v) is 20.1. The third-order valence-corrected chi connectivity index (χ3v) is 7.28. The van der Waals surface area contributed by atoms with Gasteiger partial charge in [-0.2, -0.15) is 0 Å². The van der Waals surface area contributed by atoms with Crippen molar-refractivity contribution < 1.29 is 8.98 Å². The van der Waals surface area contributed by atoms with Crippen LogP contribution in [0.1, 0.15) is 59.7 Å². The number of anilines is 1. The van der Waals surface area contributed by atoms with Crippen molar-refractivity contribution in [3.05, 3.63) is 71.3 Å². The Bertz CT molecular complexity index is 974. The summed E-state index contributed by atoms with van der Waals surface area (Å²) in [6, 6.07) is 15.5. The SMILES string of the molecule is C=C(c1ccc2c(c1)CCN2Cc1ccc(C=O)cc1)N1CC2(C)CCCC1C2.COS. The van der Waals surface area contributed by atoms with Gasteiger partial charge in [0, 0.05) is 49.7 Å². The van der Waals surface area contributed by atoms with Gasteiger partial charge in [-0.05, 0) is 72.8 Å². The Morgan fingerprint density at radius 1 is 1.28 bits per heavy atom. The standard InChI is InChI=1S/C26H30N2O.CH4OS/c1-19(28-18-26(2)12-3-4-24(28)15-26)22-9-10-25-23(14-22)11-13-27(25)16-20-5-7-21(17-29)8-6-20;1-2-3/h5-10,14,17,24H,1,3-4,11-13,15-16,18H2,2H3;3H,1H3. The Morgan fingerprint density at radius 3 is 2.72 bits per heavy atom. The van der Waals surface area contributed by atoms with Gasteiger partial charge in [0.25, 0.3) is 0 Å². The monoisotopic (exact) mass is 450 g/mol. The lowest BCUT2D eigenvalue weighted by Crippen LogP contribution is -2.27. The highest BCUT2D eigenvalue weighted by atomic mass is 32.1. The molecule has 1 saturated carbocycles. The van der Waals surface area contributed by atoms with E-state index in [1.54, 1.807) is 0 Å². The molecule has 0 N–H and O–H groups in total. The van der Waals surface area contributed by atoms with Crippen LogP contribution in [0.25, 0.3) is 5.70 Å². The van der Waals surface area contributed by atoms with Gasteiger partial charge in [-0.15, -0.1) is 0 Å². The lowest BCUT2D eigenvalue weighted by molar-refractivity contribution is 0.112. The van der Waals surface area contributed by atoms with Crippen LogP contribution in [0.3, 0.4) is 0 Å². The highest BCUT2D eigenvalue weighted by molar-refractivity contribution is 7.75. The molecule has 5 heteroatoms. The Kier molecular flexibility index (Phi) is 6.96. The first-order valence-corrected chi connectivity index (χ1v) is 11.9. The average molecular weight is 451 g/mol. The zero-order chi connectivity index (χ0) is 22.7. The van der Waals surface area contributed by atoms with E-state index in [0.717, 1.165) is 37.9 Å². The van der Waals surface area contributed by atoms with Gasteiger partial charge < -0.3 is 14.0 Å². The van der Waals surface area contributed by atoms with Crippen LogP contribution in [0.15, 0.2) is 49.0 Å². The lowest BCUT2D eigenvalue weighted by atomic mass is 9.78. The number of hydrogen-bond acceptors (Lipinski definition) is 5. The maximum absolute atomic E-state index is 10.9. The number of nitrogens with zero attached hydrogens (tertiary/aromatic N) is 2. The summed E-state index contributed by atoms with van der Waals surface area (Å²) in [5.41, 5.74) is 7.74. The summed E-state index contributed by atoms with van der Waals surface area (Å²) in [5, 5.41) is 0. The predicted molar refractivity (Wildman–Crippen MR) is 135 cm³/mol. The number of carbonyl (C=O) groups is 1. The van der Waals surface area contributed by atoms with Crippen LogP contribution in [0, 0.1) is 5.41 Å². The van der Waals surface area contributed by atoms with Gasteiger partial charge in [0.1, 0.15) is 6.29 Å². The largest absolute Gasteiger partial charge is 0.368 e. The van der Waals surface area contributed by atoms with E-state index in [9.17, 15) is 4.79 Å². The van der Waals surface area contributed by atoms with Crippen LogP contribution in [-0.2, 0) is 17.1 Å². The minimum atomic E-state index is 0.485. The fourth-order valence-electron chi connectivity index (χ4n) is 5.70. The summed E-state index contributed by atoms with van der Waals surface area (Å²) in [4.78, 5) is 15.9. The Balaban J connectivity index is 0.000000775. The Labute approximate surface area is 197 Å². The smallest absolute Gasteiger partial charge is 0.150 e. The summed E-state index contributed by atoms with van der Waals surface area (Å²) in [6.45, 7) is 10.1. The van der Waals surface area contributed by atoms with Crippen LogP contribution < -0.4 is 4.90 Å². The number of thiol groups is 1. The molecule has 170 valence electrons. The molecule has 0 aromatic heterocycles. The first-order chi connectivity index (χ1) is 15.5. The second kappa shape index (κ2) is 9.72. The van der Waals surface area contributed by atoms with Gasteiger partial charge in [-0.25, -0.2) is 0 Å². The van der Waals surface area contributed by atoms with Gasteiger partial charge in [0.2, 0.25) is 0 Å². The minimum Gasteiger partial charge on any atom is -0.368 e. The van der Waals surface area contributed by atoms with Crippen LogP contribution >= 0.6 is 12.9 Å². The molecule has 1 aliphatic carbocycles. The van der Waals surface area contributed by atoms with Crippen molar-refractivity contribution in [3.63, 3.8) is 0 Å². The van der Waals surface area contributed by atoms with Gasteiger partial charge in [0.05, 0.1) is 0 Å². The van der Waals surface area contributed by atoms with Crippen LogP contribution in [0.4, 0.5) is 5.69 Å². The maximum Gasteiger partial charge on any atom is 0.150 e. The third kappa shape index (κ3) is 4.74. The number of hydrogen-bond donors (Lipinski definition) is 1. The molecule has 2 atom stereocenters. The average Bonchev–Trinajstić information content (AvgIpc) is 3.30. The van der Waals surface area contributed by atoms with Crippen molar-refractivity contribution in [2.24, 2.45) is 5.41 Å². The predicted octanol–water partition coefficient (Wildman–Crippen LogP) is 5.77. The second-order valence-electron chi connectivity index (χ2n) is 9.69. The summed E-state index contributed by atoms with van der Waals surface area (Å²) in [7, 11) is 1.49. The molecule has 5 rings (SSSR count). The van der Waals surface area contributed by atoms with Crippen LogP contribution in [0.5, 0.6) is 0 Å². The van der Waals surface area contributed by atoms with E-state index in [4.69, 9.17) is 0 Å². The van der Waals surface area contributed by atoms with Crippen molar-refractivity contribution in [2.45, 2.75) is 51.6 Å². The summed E-state index contributed by atoms with van der Waals surface area (Å²) >= 11 is 3.29. The number of rotatable bonds is 5. The maximum atomic E-state index is 10.9. The van der Waals surface area contributed by atoms with Crippen molar-refractivity contribution in [2.75, 3.05) is 25.1 Å². The number of benzene rings is 2. The first kappa shape index (κ1) is 22.9. The number of aldehydes is 1. The Hall–Kier alpha value is -2.24. The zero-order valence-electron chi connectivity index (χ0n) is 19.2. The normalized spacial score (nSPS) is 23.4. The minimum absolute atomic E-state index is 0.485. The molecule has 1 saturated heterocycles. The summed E-state index contributed by atoms with van der Waals surface area (Å²) < 4.78 is 3.94. The van der Waals surface area contributed by atoms with E-state index >= 15 is 0 Å². The molecule has 2 fully saturated rings. The van der Waals surface area contributed by atoms with Crippen molar-refractivity contribution in [1.29, 1.82) is 0 Å². The second-order valence-corrected chi connectivity index (χ2v) is 10.1. The van der Waals surface area contributed by atoms with Crippen LogP contribution in [0.2, 0.25) is 0 Å². The van der Waals surface area contributed by atoms with Crippen molar-refractivity contribution >= 4 is 30.6 Å². The molecule has 32 heavy (non-hydrogen) atoms. The summed E-state index contributed by atoms with van der Waals surface area (Å²) in [6.07, 6.45) is 7.35. The molecule has 4 nitrogen and oxygen atoms in total. The Morgan fingerprint density at radius 2 is 2.03 bits per heavy atom. The van der Waals surface area contributed by atoms with E-state index in [0.29, 0.717) is 11.5 Å². The molecule has 0 radical (unpaired) electrons. The van der Waals surface area contributed by atoms with E-state index < -0.39 is 0 Å². The summed E-state index contributed by atoms with van der Waals surface area (Å²) in [5.74, 6) is 0. The van der Waals surface area contributed by atoms with Crippen LogP contribution in [-0.4, -0.2) is 37.4 Å². The fourth-order valence-corrected chi connectivity index (χ4v) is 5.70. The van der Waals surface area contributed by atoms with Gasteiger partial charge >= 0.3 is 0 Å². The van der Waals surface area contributed by atoms with E-state index in [2.05, 4.69) is 70.7 Å². The number of fused-ring (bicyclic) bond motifs is 3. The van der Waals surface area contributed by atoms with E-state index in [1.807, 2.05) is 12.1 Å². The van der Waals surface area contributed by atoms with Crippen molar-refractivity contribution in [3.8, 4) is 0 Å². The van der Waals surface area contributed by atoms with Crippen molar-refractivity contribution in [1.82, 2.24) is 4.90 Å². The lowest BCUT2D eigenvalue weighted by Gasteiger charge is -2.29. The van der Waals surface area contributed by atoms with Gasteiger partial charge in [-0.1, -0.05) is 50.3 Å². The molecular weight excluding hydrogens is 416 g/mol. The first-order valence-electron chi connectivity index (χ1n) is 11.5. The fraction of sp³-hybridized carbons (Fsp3) is 0.444. The van der Waals surface area contributed by atoms with Gasteiger partial charge in [-0.3, -0.25) is 4.79 Å². The number of likely N-dealkylation sites (tertiary alicyclic amines) is 1. The molecule has 3 aliphatic rings. The quantitative estimate of drug-likeness (QED) is 0.356. The molecule has 0 amide bonds. The molecule has 0 spiro atoms. The number of carbonyl (C=O) groups excluding carboxylic acids is 1. The molecule has 2 bridgehead atoms. The van der Waals surface area contributed by atoms with Gasteiger partial charge in [0.15, 0.2) is 0 Å².